The lowest BCUT2D eigenvalue weighted by Crippen LogP contribution is -1.95. The molecule has 0 aromatic heterocycles. The zero-order valence-corrected chi connectivity index (χ0v) is 14.4. The fraction of sp³-hybridized carbons (Fsp3) is 0.333. The minimum atomic E-state index is -0.485. The molecule has 0 fully saturated rings. The maximum atomic E-state index is 9.61. The van der Waals surface area contributed by atoms with Crippen LogP contribution in [0.5, 0.6) is 11.5 Å². The van der Waals surface area contributed by atoms with E-state index in [0.29, 0.717) is 5.92 Å². The van der Waals surface area contributed by atoms with Crippen LogP contribution in [0.4, 0.5) is 0 Å². The van der Waals surface area contributed by atoms with E-state index in [9.17, 15) is 5.11 Å². The van der Waals surface area contributed by atoms with Gasteiger partial charge in [-0.25, -0.2) is 0 Å². The third kappa shape index (κ3) is 3.86. The van der Waals surface area contributed by atoms with E-state index in [1.165, 1.54) is 5.56 Å². The molecule has 112 valence electrons. The van der Waals surface area contributed by atoms with Gasteiger partial charge < -0.3 is 9.84 Å². The summed E-state index contributed by atoms with van der Waals surface area (Å²) < 4.78 is 6.88. The summed E-state index contributed by atoms with van der Waals surface area (Å²) in [6.07, 6.45) is -0.485. The lowest BCUT2D eigenvalue weighted by atomic mass is 10.0. The molecule has 0 aliphatic carbocycles. The summed E-state index contributed by atoms with van der Waals surface area (Å²) in [4.78, 5) is 0. The van der Waals surface area contributed by atoms with E-state index >= 15 is 0 Å². The average molecular weight is 349 g/mol. The molecule has 2 aromatic carbocycles. The summed E-state index contributed by atoms with van der Waals surface area (Å²) in [5.41, 5.74) is 3.22. The summed E-state index contributed by atoms with van der Waals surface area (Å²) >= 11 is 3.51. The van der Waals surface area contributed by atoms with Gasteiger partial charge in [-0.15, -0.1) is 0 Å². The van der Waals surface area contributed by atoms with E-state index in [0.717, 1.165) is 27.1 Å². The van der Waals surface area contributed by atoms with E-state index in [2.05, 4.69) is 48.0 Å². The molecule has 0 amide bonds. The van der Waals surface area contributed by atoms with Crippen LogP contribution in [0.25, 0.3) is 0 Å². The second-order valence-electron chi connectivity index (χ2n) is 5.65. The minimum Gasteiger partial charge on any atom is -0.456 e. The predicted octanol–water partition coefficient (Wildman–Crippen LogP) is 5.73. The van der Waals surface area contributed by atoms with Crippen molar-refractivity contribution >= 4 is 15.9 Å². The van der Waals surface area contributed by atoms with Crippen LogP contribution in [0.15, 0.2) is 40.9 Å². The fourth-order valence-electron chi connectivity index (χ4n) is 2.06. The highest BCUT2D eigenvalue weighted by Gasteiger charge is 2.10. The Morgan fingerprint density at radius 3 is 2.19 bits per heavy atom. The van der Waals surface area contributed by atoms with Crippen molar-refractivity contribution in [1.82, 2.24) is 0 Å². The Balaban J connectivity index is 2.32. The number of aliphatic hydroxyl groups excluding tert-OH is 1. The van der Waals surface area contributed by atoms with Crippen LogP contribution in [-0.2, 0) is 0 Å². The molecule has 0 aliphatic rings. The van der Waals surface area contributed by atoms with Gasteiger partial charge in [-0.3, -0.25) is 0 Å². The van der Waals surface area contributed by atoms with Crippen LogP contribution in [0.3, 0.4) is 0 Å². The predicted molar refractivity (Wildman–Crippen MR) is 90.1 cm³/mol. The van der Waals surface area contributed by atoms with Gasteiger partial charge in [0.15, 0.2) is 0 Å². The molecule has 1 N–H and O–H groups in total. The van der Waals surface area contributed by atoms with E-state index in [1.54, 1.807) is 6.92 Å². The van der Waals surface area contributed by atoms with Gasteiger partial charge in [0.2, 0.25) is 0 Å². The molecular weight excluding hydrogens is 328 g/mol. The number of benzene rings is 2. The highest BCUT2D eigenvalue weighted by Crippen LogP contribution is 2.34. The van der Waals surface area contributed by atoms with E-state index in [-0.39, 0.29) is 0 Å². The molecule has 0 spiro atoms. The van der Waals surface area contributed by atoms with Gasteiger partial charge >= 0.3 is 0 Å². The Kier molecular flexibility index (Phi) is 5.07. The minimum absolute atomic E-state index is 0.467. The molecule has 0 radical (unpaired) electrons. The Labute approximate surface area is 134 Å². The number of hydrogen-bond acceptors (Lipinski definition) is 2. The van der Waals surface area contributed by atoms with Crippen LogP contribution in [0.1, 0.15) is 49.5 Å². The van der Waals surface area contributed by atoms with Crippen molar-refractivity contribution in [2.45, 2.75) is 39.7 Å². The van der Waals surface area contributed by atoms with Crippen LogP contribution in [0.2, 0.25) is 0 Å². The van der Waals surface area contributed by atoms with Crippen LogP contribution in [-0.4, -0.2) is 5.11 Å². The normalized spacial score (nSPS) is 12.5. The number of ether oxygens (including phenoxy) is 1. The Bertz CT molecular complexity index is 633. The standard InChI is InChI=1S/C18H21BrO2/c1-11(2)14-6-5-12(3)18(10-14)21-17-8-7-15(13(4)20)9-16(17)19/h5-11,13,20H,1-4H3/t13-/m1/s1. The first kappa shape index (κ1) is 16.1. The molecule has 2 aromatic rings. The molecule has 21 heavy (non-hydrogen) atoms. The number of halogens is 1. The Hall–Kier alpha value is -1.32. The van der Waals surface area contributed by atoms with Crippen LogP contribution >= 0.6 is 15.9 Å². The van der Waals surface area contributed by atoms with Gasteiger partial charge in [0.25, 0.3) is 0 Å². The van der Waals surface area contributed by atoms with Gasteiger partial charge in [0.05, 0.1) is 10.6 Å². The van der Waals surface area contributed by atoms with Gasteiger partial charge in [-0.05, 0) is 70.6 Å². The molecule has 2 rings (SSSR count). The average Bonchev–Trinajstić information content (AvgIpc) is 2.42. The maximum Gasteiger partial charge on any atom is 0.141 e. The number of aliphatic hydroxyl groups is 1. The van der Waals surface area contributed by atoms with E-state index < -0.39 is 6.10 Å². The van der Waals surface area contributed by atoms with Crippen molar-refractivity contribution < 1.29 is 9.84 Å². The van der Waals surface area contributed by atoms with Gasteiger partial charge in [-0.2, -0.15) is 0 Å². The smallest absolute Gasteiger partial charge is 0.141 e. The molecule has 0 aliphatic heterocycles. The highest BCUT2D eigenvalue weighted by atomic mass is 79.9. The number of hydrogen-bond donors (Lipinski definition) is 1. The fourth-order valence-corrected chi connectivity index (χ4v) is 2.54. The molecule has 0 heterocycles. The van der Waals surface area contributed by atoms with Crippen LogP contribution < -0.4 is 4.74 Å². The van der Waals surface area contributed by atoms with Crippen LogP contribution in [0, 0.1) is 6.92 Å². The quantitative estimate of drug-likeness (QED) is 0.764. The van der Waals surface area contributed by atoms with Crippen molar-refractivity contribution in [3.05, 3.63) is 57.6 Å². The topological polar surface area (TPSA) is 29.5 Å². The van der Waals surface area contributed by atoms with Crippen molar-refractivity contribution in [3.8, 4) is 11.5 Å². The zero-order chi connectivity index (χ0) is 15.6. The monoisotopic (exact) mass is 348 g/mol. The molecule has 0 bridgehead atoms. The molecule has 0 saturated heterocycles. The molecule has 0 saturated carbocycles. The number of rotatable bonds is 4. The SMILES string of the molecule is Cc1ccc(C(C)C)cc1Oc1ccc([C@@H](C)O)cc1Br. The maximum absolute atomic E-state index is 9.61. The third-order valence-corrected chi connectivity index (χ3v) is 4.16. The van der Waals surface area contributed by atoms with Crippen molar-refractivity contribution in [1.29, 1.82) is 0 Å². The second-order valence-corrected chi connectivity index (χ2v) is 6.50. The molecule has 3 heteroatoms. The summed E-state index contributed by atoms with van der Waals surface area (Å²) in [6.45, 7) is 8.12. The lowest BCUT2D eigenvalue weighted by Gasteiger charge is -2.14. The highest BCUT2D eigenvalue weighted by molar-refractivity contribution is 9.10. The summed E-state index contributed by atoms with van der Waals surface area (Å²) in [5, 5.41) is 9.61. The largest absolute Gasteiger partial charge is 0.456 e. The summed E-state index contributed by atoms with van der Waals surface area (Å²) in [5.74, 6) is 2.09. The van der Waals surface area contributed by atoms with Crippen molar-refractivity contribution in [2.24, 2.45) is 0 Å². The summed E-state index contributed by atoms with van der Waals surface area (Å²) in [7, 11) is 0. The van der Waals surface area contributed by atoms with Gasteiger partial charge in [0, 0.05) is 0 Å². The Morgan fingerprint density at radius 2 is 1.62 bits per heavy atom. The first-order chi connectivity index (χ1) is 9.88. The third-order valence-electron chi connectivity index (χ3n) is 3.54. The number of aryl methyl sites for hydroxylation is 1. The Morgan fingerprint density at radius 1 is 0.952 bits per heavy atom. The molecule has 1 atom stereocenters. The first-order valence-electron chi connectivity index (χ1n) is 7.14. The van der Waals surface area contributed by atoms with E-state index in [1.807, 2.05) is 25.1 Å². The summed E-state index contributed by atoms with van der Waals surface area (Å²) in [6, 6.07) is 12.0. The zero-order valence-electron chi connectivity index (χ0n) is 12.9. The van der Waals surface area contributed by atoms with Crippen molar-refractivity contribution in [3.63, 3.8) is 0 Å². The van der Waals surface area contributed by atoms with Gasteiger partial charge in [0.1, 0.15) is 11.5 Å². The second kappa shape index (κ2) is 6.63. The van der Waals surface area contributed by atoms with Gasteiger partial charge in [-0.1, -0.05) is 32.0 Å². The lowest BCUT2D eigenvalue weighted by molar-refractivity contribution is 0.199. The van der Waals surface area contributed by atoms with Crippen molar-refractivity contribution in [2.75, 3.05) is 0 Å². The molecule has 0 unspecified atom stereocenters. The molecular formula is C18H21BrO2. The van der Waals surface area contributed by atoms with E-state index in [4.69, 9.17) is 4.74 Å². The molecule has 2 nitrogen and oxygen atoms in total. The first-order valence-corrected chi connectivity index (χ1v) is 7.93.